The van der Waals surface area contributed by atoms with E-state index in [1.165, 1.54) is 18.0 Å². The van der Waals surface area contributed by atoms with Crippen molar-refractivity contribution in [2.75, 3.05) is 26.5 Å². The number of carbonyl (C=O) groups excluding carboxylic acids is 1. The molecule has 0 aliphatic rings. The van der Waals surface area contributed by atoms with E-state index in [4.69, 9.17) is 16.3 Å². The van der Waals surface area contributed by atoms with Crippen LogP contribution in [0, 0.1) is 10.1 Å². The Morgan fingerprint density at radius 3 is 2.56 bits per heavy atom. The molecule has 1 amide bonds. The van der Waals surface area contributed by atoms with Gasteiger partial charge in [-0.2, -0.15) is 0 Å². The number of nitro groups is 1. The van der Waals surface area contributed by atoms with E-state index >= 15 is 0 Å². The SMILES string of the molecule is CN(CCOc1cccc(Cl)c1)C(=O)c1ccc(S(C)(=O)=O)c([N+](=O)[O-])c1. The lowest BCUT2D eigenvalue weighted by molar-refractivity contribution is -0.387. The highest BCUT2D eigenvalue weighted by atomic mass is 35.5. The number of nitro benzene ring substituents is 1. The normalized spacial score (nSPS) is 11.1. The minimum Gasteiger partial charge on any atom is -0.492 e. The average molecular weight is 413 g/mol. The predicted octanol–water partition coefficient (Wildman–Crippen LogP) is 2.80. The lowest BCUT2D eigenvalue weighted by atomic mass is 10.2. The summed E-state index contributed by atoms with van der Waals surface area (Å²) in [5.74, 6) is 0.0596. The molecule has 0 fully saturated rings. The van der Waals surface area contributed by atoms with Crippen molar-refractivity contribution in [2.24, 2.45) is 0 Å². The van der Waals surface area contributed by atoms with Crippen molar-refractivity contribution in [1.82, 2.24) is 4.90 Å². The van der Waals surface area contributed by atoms with Gasteiger partial charge in [-0.25, -0.2) is 8.42 Å². The molecule has 0 aromatic heterocycles. The fourth-order valence-electron chi connectivity index (χ4n) is 2.29. The van der Waals surface area contributed by atoms with Crippen molar-refractivity contribution in [3.05, 3.63) is 63.2 Å². The molecular formula is C17H17ClN2O6S. The Balaban J connectivity index is 2.10. The lowest BCUT2D eigenvalue weighted by Gasteiger charge is -2.18. The van der Waals surface area contributed by atoms with Crippen LogP contribution >= 0.6 is 11.6 Å². The van der Waals surface area contributed by atoms with E-state index in [9.17, 15) is 23.3 Å². The smallest absolute Gasteiger partial charge is 0.288 e. The number of rotatable bonds is 7. The zero-order valence-corrected chi connectivity index (χ0v) is 16.2. The third-order valence-corrected chi connectivity index (χ3v) is 5.02. The average Bonchev–Trinajstić information content (AvgIpc) is 2.59. The summed E-state index contributed by atoms with van der Waals surface area (Å²) in [5, 5.41) is 11.7. The van der Waals surface area contributed by atoms with Crippen LogP contribution in [0.3, 0.4) is 0 Å². The van der Waals surface area contributed by atoms with Crippen molar-refractivity contribution in [1.29, 1.82) is 0 Å². The largest absolute Gasteiger partial charge is 0.492 e. The molecule has 27 heavy (non-hydrogen) atoms. The number of halogens is 1. The number of amides is 1. The van der Waals surface area contributed by atoms with Gasteiger partial charge in [0.15, 0.2) is 9.84 Å². The summed E-state index contributed by atoms with van der Waals surface area (Å²) in [4.78, 5) is 23.7. The molecule has 0 saturated carbocycles. The number of likely N-dealkylation sites (N-methyl/N-ethyl adjacent to an activating group) is 1. The van der Waals surface area contributed by atoms with Crippen molar-refractivity contribution in [3.63, 3.8) is 0 Å². The highest BCUT2D eigenvalue weighted by Gasteiger charge is 2.24. The molecule has 10 heteroatoms. The van der Waals surface area contributed by atoms with Crippen LogP contribution in [-0.2, 0) is 9.84 Å². The molecular weight excluding hydrogens is 396 g/mol. The molecule has 0 heterocycles. The van der Waals surface area contributed by atoms with Crippen molar-refractivity contribution in [2.45, 2.75) is 4.90 Å². The topological polar surface area (TPSA) is 107 Å². The van der Waals surface area contributed by atoms with Gasteiger partial charge in [0.05, 0.1) is 11.5 Å². The Bertz CT molecular complexity index is 977. The predicted molar refractivity (Wildman–Crippen MR) is 100 cm³/mol. The molecule has 2 aromatic carbocycles. The van der Waals surface area contributed by atoms with Crippen molar-refractivity contribution < 1.29 is 22.9 Å². The number of ether oxygens (including phenoxy) is 1. The van der Waals surface area contributed by atoms with E-state index in [0.29, 0.717) is 10.8 Å². The van der Waals surface area contributed by atoms with E-state index < -0.39 is 31.3 Å². The van der Waals surface area contributed by atoms with Crippen LogP contribution in [0.4, 0.5) is 5.69 Å². The molecule has 0 bridgehead atoms. The molecule has 144 valence electrons. The zero-order valence-electron chi connectivity index (χ0n) is 14.6. The molecule has 0 unspecified atom stereocenters. The summed E-state index contributed by atoms with van der Waals surface area (Å²) in [6.07, 6.45) is 0.871. The molecule has 2 aromatic rings. The van der Waals surface area contributed by atoms with Gasteiger partial charge in [0.25, 0.3) is 11.6 Å². The summed E-state index contributed by atoms with van der Waals surface area (Å²) < 4.78 is 28.8. The number of hydrogen-bond acceptors (Lipinski definition) is 6. The summed E-state index contributed by atoms with van der Waals surface area (Å²) in [6, 6.07) is 10.1. The monoisotopic (exact) mass is 412 g/mol. The third-order valence-electron chi connectivity index (χ3n) is 3.64. The lowest BCUT2D eigenvalue weighted by Crippen LogP contribution is -2.31. The first-order valence-corrected chi connectivity index (χ1v) is 9.99. The number of benzene rings is 2. The third kappa shape index (κ3) is 5.41. The van der Waals surface area contributed by atoms with E-state index in [1.54, 1.807) is 24.3 Å². The Morgan fingerprint density at radius 2 is 1.96 bits per heavy atom. The number of nitrogens with zero attached hydrogens (tertiary/aromatic N) is 2. The standard InChI is InChI=1S/C17H17ClN2O6S/c1-19(8-9-26-14-5-3-4-13(18)11-14)17(21)12-6-7-16(27(2,24)25)15(10-12)20(22)23/h3-7,10-11H,8-9H2,1-2H3. The highest BCUT2D eigenvalue weighted by Crippen LogP contribution is 2.25. The van der Waals surface area contributed by atoms with E-state index in [0.717, 1.165) is 18.4 Å². The van der Waals surface area contributed by atoms with Gasteiger partial charge in [0.1, 0.15) is 17.3 Å². The van der Waals surface area contributed by atoms with Gasteiger partial charge >= 0.3 is 0 Å². The molecule has 8 nitrogen and oxygen atoms in total. The van der Waals surface area contributed by atoms with Gasteiger partial charge in [-0.1, -0.05) is 17.7 Å². The first-order chi connectivity index (χ1) is 12.6. The van der Waals surface area contributed by atoms with Gasteiger partial charge in [0, 0.05) is 30.0 Å². The summed E-state index contributed by atoms with van der Waals surface area (Å²) in [5.41, 5.74) is -0.619. The minimum absolute atomic E-state index is 0.0133. The van der Waals surface area contributed by atoms with Crippen LogP contribution in [-0.4, -0.2) is 50.6 Å². The van der Waals surface area contributed by atoms with Crippen LogP contribution in [0.1, 0.15) is 10.4 Å². The number of sulfone groups is 1. The summed E-state index contributed by atoms with van der Waals surface area (Å²) >= 11 is 5.86. The zero-order chi connectivity index (χ0) is 20.2. The summed E-state index contributed by atoms with van der Waals surface area (Å²) in [7, 11) is -2.27. The van der Waals surface area contributed by atoms with Crippen LogP contribution in [0.15, 0.2) is 47.4 Å². The first kappa shape index (κ1) is 20.7. The molecule has 0 spiro atoms. The van der Waals surface area contributed by atoms with Gasteiger partial charge < -0.3 is 9.64 Å². The Labute approximate surface area is 161 Å². The fourth-order valence-corrected chi connectivity index (χ4v) is 3.29. The minimum atomic E-state index is -3.79. The second-order valence-electron chi connectivity index (χ2n) is 5.74. The second kappa shape index (κ2) is 8.36. The van der Waals surface area contributed by atoms with E-state index in [2.05, 4.69) is 0 Å². The first-order valence-electron chi connectivity index (χ1n) is 7.72. The quantitative estimate of drug-likeness (QED) is 0.511. The van der Waals surface area contributed by atoms with Gasteiger partial charge in [-0.05, 0) is 30.3 Å². The maximum absolute atomic E-state index is 12.5. The molecule has 0 aliphatic carbocycles. The highest BCUT2D eigenvalue weighted by molar-refractivity contribution is 7.90. The Hall–Kier alpha value is -2.65. The van der Waals surface area contributed by atoms with Gasteiger partial charge in [-0.3, -0.25) is 14.9 Å². The number of hydrogen-bond donors (Lipinski definition) is 0. The van der Waals surface area contributed by atoms with Gasteiger partial charge in [0.2, 0.25) is 0 Å². The number of carbonyl (C=O) groups is 1. The molecule has 0 saturated heterocycles. The second-order valence-corrected chi connectivity index (χ2v) is 8.16. The van der Waals surface area contributed by atoms with Crippen molar-refractivity contribution >= 4 is 33.0 Å². The molecule has 0 N–H and O–H groups in total. The molecule has 0 atom stereocenters. The van der Waals surface area contributed by atoms with Crippen molar-refractivity contribution in [3.8, 4) is 5.75 Å². The maximum Gasteiger partial charge on any atom is 0.288 e. The Kier molecular flexibility index (Phi) is 6.40. The van der Waals surface area contributed by atoms with E-state index in [-0.39, 0.29) is 18.7 Å². The fraction of sp³-hybridized carbons (Fsp3) is 0.235. The van der Waals surface area contributed by atoms with Crippen LogP contribution in [0.2, 0.25) is 5.02 Å². The Morgan fingerprint density at radius 1 is 1.26 bits per heavy atom. The van der Waals surface area contributed by atoms with Gasteiger partial charge in [-0.15, -0.1) is 0 Å². The van der Waals surface area contributed by atoms with Crippen LogP contribution < -0.4 is 4.74 Å². The molecule has 0 aliphatic heterocycles. The maximum atomic E-state index is 12.5. The van der Waals surface area contributed by atoms with Crippen LogP contribution in [0.25, 0.3) is 0 Å². The van der Waals surface area contributed by atoms with Crippen LogP contribution in [0.5, 0.6) is 5.75 Å². The molecule has 2 rings (SSSR count). The summed E-state index contributed by atoms with van der Waals surface area (Å²) in [6.45, 7) is 0.402. The van der Waals surface area contributed by atoms with E-state index in [1.807, 2.05) is 0 Å². The molecule has 0 radical (unpaired) electrons.